The second-order valence-electron chi connectivity index (χ2n) is 6.57. The summed E-state index contributed by atoms with van der Waals surface area (Å²) in [6.45, 7) is 0.517. The molecule has 3 rings (SSSR count). The number of hydrogen-bond acceptors (Lipinski definition) is 5. The van der Waals surface area contributed by atoms with E-state index in [2.05, 4.69) is 20.3 Å². The molecule has 1 heterocycles. The molecule has 1 aromatic heterocycles. The summed E-state index contributed by atoms with van der Waals surface area (Å²) in [4.78, 5) is 15.7. The van der Waals surface area contributed by atoms with Crippen LogP contribution in [-0.4, -0.2) is 32.9 Å². The number of nitrogens with one attached hydrogen (secondary N) is 3. The van der Waals surface area contributed by atoms with Gasteiger partial charge >= 0.3 is 0 Å². The monoisotopic (exact) mass is 446 g/mol. The summed E-state index contributed by atoms with van der Waals surface area (Å²) in [7, 11) is -2.44. The van der Waals surface area contributed by atoms with Crippen LogP contribution in [0.1, 0.15) is 15.9 Å². The van der Waals surface area contributed by atoms with Gasteiger partial charge in [-0.2, -0.15) is 0 Å². The van der Waals surface area contributed by atoms with Crippen LogP contribution in [0, 0.1) is 11.6 Å². The summed E-state index contributed by atoms with van der Waals surface area (Å²) in [5.41, 5.74) is 1.44. The maximum atomic E-state index is 13.3. The number of pyridine rings is 1. The van der Waals surface area contributed by atoms with Gasteiger partial charge in [-0.15, -0.1) is 0 Å². The van der Waals surface area contributed by atoms with Crippen LogP contribution in [-0.2, 0) is 16.4 Å². The van der Waals surface area contributed by atoms with E-state index < -0.39 is 21.7 Å². The van der Waals surface area contributed by atoms with Crippen molar-refractivity contribution in [1.82, 2.24) is 10.3 Å². The number of hydrogen-bond donors (Lipinski definition) is 3. The van der Waals surface area contributed by atoms with Crippen molar-refractivity contribution in [2.75, 3.05) is 23.6 Å². The van der Waals surface area contributed by atoms with E-state index in [-0.39, 0.29) is 16.5 Å². The van der Waals surface area contributed by atoms with Crippen molar-refractivity contribution in [2.24, 2.45) is 0 Å². The molecule has 1 amide bonds. The van der Waals surface area contributed by atoms with Crippen LogP contribution >= 0.6 is 0 Å². The smallest absolute Gasteiger partial charge is 0.263 e. The summed E-state index contributed by atoms with van der Waals surface area (Å²) >= 11 is 0. The molecular weight excluding hydrogens is 426 g/mol. The predicted molar refractivity (Wildman–Crippen MR) is 113 cm³/mol. The van der Waals surface area contributed by atoms with Crippen LogP contribution in [0.3, 0.4) is 0 Å². The van der Waals surface area contributed by atoms with Gasteiger partial charge in [0, 0.05) is 31.4 Å². The first-order valence-corrected chi connectivity index (χ1v) is 10.8. The SMILES string of the molecule is CNC(=O)c1cccc(CCNc2ccc(S(=O)(=O)Nc3ccc(F)c(F)c3)cn2)c1. The largest absolute Gasteiger partial charge is 0.370 e. The second-order valence-corrected chi connectivity index (χ2v) is 8.25. The molecule has 0 aliphatic heterocycles. The third kappa shape index (κ3) is 5.76. The van der Waals surface area contributed by atoms with Crippen molar-refractivity contribution in [3.05, 3.63) is 83.6 Å². The minimum atomic E-state index is -4.01. The highest BCUT2D eigenvalue weighted by Gasteiger charge is 2.16. The van der Waals surface area contributed by atoms with Gasteiger partial charge in [0.05, 0.1) is 5.69 Å². The van der Waals surface area contributed by atoms with E-state index in [9.17, 15) is 22.0 Å². The molecule has 7 nitrogen and oxygen atoms in total. The Morgan fingerprint density at radius 2 is 1.84 bits per heavy atom. The van der Waals surface area contributed by atoms with E-state index in [0.717, 1.165) is 30.0 Å². The fourth-order valence-corrected chi connectivity index (χ4v) is 3.76. The zero-order valence-electron chi connectivity index (χ0n) is 16.5. The van der Waals surface area contributed by atoms with E-state index >= 15 is 0 Å². The van der Waals surface area contributed by atoms with Crippen molar-refractivity contribution in [3.63, 3.8) is 0 Å². The number of amides is 1. The van der Waals surface area contributed by atoms with Crippen LogP contribution in [0.2, 0.25) is 0 Å². The van der Waals surface area contributed by atoms with E-state index in [1.807, 2.05) is 6.07 Å². The van der Waals surface area contributed by atoms with Gasteiger partial charge in [-0.3, -0.25) is 9.52 Å². The van der Waals surface area contributed by atoms with Gasteiger partial charge in [-0.25, -0.2) is 22.2 Å². The Kier molecular flexibility index (Phi) is 6.81. The number of carbonyl (C=O) groups is 1. The molecular formula is C21H20F2N4O3S. The quantitative estimate of drug-likeness (QED) is 0.494. The maximum absolute atomic E-state index is 13.3. The molecule has 10 heteroatoms. The first-order valence-electron chi connectivity index (χ1n) is 9.27. The lowest BCUT2D eigenvalue weighted by atomic mass is 10.1. The molecule has 0 saturated carbocycles. The van der Waals surface area contributed by atoms with Crippen molar-refractivity contribution in [1.29, 1.82) is 0 Å². The number of aromatic nitrogens is 1. The third-order valence-corrected chi connectivity index (χ3v) is 5.72. The van der Waals surface area contributed by atoms with Crippen molar-refractivity contribution in [2.45, 2.75) is 11.3 Å². The molecule has 0 radical (unpaired) electrons. The Morgan fingerprint density at radius 3 is 2.52 bits per heavy atom. The van der Waals surface area contributed by atoms with Gasteiger partial charge in [-0.05, 0) is 48.4 Å². The number of anilines is 2. The molecule has 0 bridgehead atoms. The summed E-state index contributed by atoms with van der Waals surface area (Å²) in [5.74, 6) is -1.92. The van der Waals surface area contributed by atoms with Crippen molar-refractivity contribution in [3.8, 4) is 0 Å². The Balaban J connectivity index is 1.59. The fraction of sp³-hybridized carbons (Fsp3) is 0.143. The first-order chi connectivity index (χ1) is 14.8. The summed E-state index contributed by atoms with van der Waals surface area (Å²) < 4.78 is 53.3. The molecule has 162 valence electrons. The molecule has 0 unspecified atom stereocenters. The normalized spacial score (nSPS) is 11.1. The van der Waals surface area contributed by atoms with E-state index in [4.69, 9.17) is 0 Å². The van der Waals surface area contributed by atoms with Crippen LogP contribution in [0.4, 0.5) is 20.3 Å². The van der Waals surface area contributed by atoms with Crippen LogP contribution < -0.4 is 15.4 Å². The van der Waals surface area contributed by atoms with Gasteiger partial charge in [-0.1, -0.05) is 12.1 Å². The minimum absolute atomic E-state index is 0.0971. The number of nitrogens with zero attached hydrogens (tertiary/aromatic N) is 1. The highest BCUT2D eigenvalue weighted by molar-refractivity contribution is 7.92. The molecule has 0 saturated heterocycles. The third-order valence-electron chi connectivity index (χ3n) is 4.35. The zero-order chi connectivity index (χ0) is 22.4. The van der Waals surface area contributed by atoms with E-state index in [1.54, 1.807) is 25.2 Å². The molecule has 3 aromatic rings. The number of sulfonamides is 1. The number of halogens is 2. The van der Waals surface area contributed by atoms with Gasteiger partial charge in [0.2, 0.25) is 0 Å². The van der Waals surface area contributed by atoms with Gasteiger partial charge in [0.15, 0.2) is 11.6 Å². The second kappa shape index (κ2) is 9.52. The predicted octanol–water partition coefficient (Wildman–Crippen LogP) is 3.17. The fourth-order valence-electron chi connectivity index (χ4n) is 2.76. The van der Waals surface area contributed by atoms with Crippen LogP contribution in [0.15, 0.2) is 65.7 Å². The van der Waals surface area contributed by atoms with Gasteiger partial charge in [0.1, 0.15) is 10.7 Å². The standard InChI is InChI=1S/C21H20F2N4O3S/c1-24-21(28)15-4-2-3-14(11-15)9-10-25-20-8-6-17(13-26-20)31(29,30)27-16-5-7-18(22)19(23)12-16/h2-8,11-13,27H,9-10H2,1H3,(H,24,28)(H,25,26). The summed E-state index contributed by atoms with van der Waals surface area (Å²) in [6, 6.07) is 12.8. The highest BCUT2D eigenvalue weighted by atomic mass is 32.2. The molecule has 0 aliphatic rings. The zero-order valence-corrected chi connectivity index (χ0v) is 17.3. The molecule has 3 N–H and O–H groups in total. The van der Waals surface area contributed by atoms with Gasteiger partial charge in [0.25, 0.3) is 15.9 Å². The lowest BCUT2D eigenvalue weighted by Crippen LogP contribution is -2.18. The van der Waals surface area contributed by atoms with E-state index in [1.165, 1.54) is 12.1 Å². The summed E-state index contributed by atoms with van der Waals surface area (Å²) in [6.07, 6.45) is 1.79. The number of rotatable bonds is 8. The highest BCUT2D eigenvalue weighted by Crippen LogP contribution is 2.19. The molecule has 31 heavy (non-hydrogen) atoms. The first kappa shape index (κ1) is 22.2. The average molecular weight is 446 g/mol. The number of benzene rings is 2. The maximum Gasteiger partial charge on any atom is 0.263 e. The Labute approximate surface area is 178 Å². The molecule has 2 aromatic carbocycles. The lowest BCUT2D eigenvalue weighted by Gasteiger charge is -2.10. The van der Waals surface area contributed by atoms with E-state index in [0.29, 0.717) is 24.3 Å². The van der Waals surface area contributed by atoms with Crippen LogP contribution in [0.5, 0.6) is 0 Å². The minimum Gasteiger partial charge on any atom is -0.370 e. The Hall–Kier alpha value is -3.53. The van der Waals surface area contributed by atoms with Crippen molar-refractivity contribution < 1.29 is 22.0 Å². The van der Waals surface area contributed by atoms with Crippen LogP contribution in [0.25, 0.3) is 0 Å². The number of carbonyl (C=O) groups excluding carboxylic acids is 1. The lowest BCUT2D eigenvalue weighted by molar-refractivity contribution is 0.0963. The molecule has 0 spiro atoms. The molecule has 0 aliphatic carbocycles. The summed E-state index contributed by atoms with van der Waals surface area (Å²) in [5, 5.41) is 5.65. The molecule has 0 fully saturated rings. The average Bonchev–Trinajstić information content (AvgIpc) is 2.76. The Bertz CT molecular complexity index is 1190. The van der Waals surface area contributed by atoms with Crippen molar-refractivity contribution >= 4 is 27.4 Å². The Morgan fingerprint density at radius 1 is 1.03 bits per heavy atom. The molecule has 0 atom stereocenters. The topological polar surface area (TPSA) is 100 Å². The van der Waals surface area contributed by atoms with Gasteiger partial charge < -0.3 is 10.6 Å².